The van der Waals surface area contributed by atoms with Gasteiger partial charge >= 0.3 is 0 Å². The molecule has 0 bridgehead atoms. The monoisotopic (exact) mass is 417 g/mol. The van der Waals surface area contributed by atoms with E-state index in [1.54, 1.807) is 6.20 Å². The molecule has 1 amide bonds. The number of hydrogen-bond donors (Lipinski definition) is 2. The van der Waals surface area contributed by atoms with Gasteiger partial charge in [-0.1, -0.05) is 29.8 Å². The Kier molecular flexibility index (Phi) is 6.74. The van der Waals surface area contributed by atoms with Crippen LogP contribution in [-0.4, -0.2) is 42.4 Å². The minimum atomic E-state index is 0.00583. The van der Waals surface area contributed by atoms with E-state index in [9.17, 15) is 4.79 Å². The maximum absolute atomic E-state index is 12.3. The van der Waals surface area contributed by atoms with Gasteiger partial charge in [0.25, 0.3) is 0 Å². The number of aromatic nitrogens is 2. The van der Waals surface area contributed by atoms with Gasteiger partial charge in [-0.2, -0.15) is 5.10 Å². The largest absolute Gasteiger partial charge is 0.378 e. The molecule has 1 aliphatic rings. The Balaban J connectivity index is 1.30. The number of rotatable bonds is 7. The van der Waals surface area contributed by atoms with Crippen molar-refractivity contribution in [2.45, 2.75) is 19.8 Å². The smallest absolute Gasteiger partial charge is 0.224 e. The van der Waals surface area contributed by atoms with Crippen LogP contribution in [0.25, 0.3) is 0 Å². The average Bonchev–Trinajstić information content (AvgIpc) is 2.80. The third-order valence-electron chi connectivity index (χ3n) is 5.18. The SMILES string of the molecule is Cc1cccc(CCC(=O)Nc2ccc(Nc3cc(N4CCOCC4)cnn3)cc2)c1. The standard InChI is InChI=1S/C24H27N5O2/c1-18-3-2-4-19(15-18)5-10-24(30)27-21-8-6-20(7-9-21)26-23-16-22(17-25-28-23)29-11-13-31-14-12-29/h2-4,6-9,15-17H,5,10-14H2,1H3,(H,26,28)(H,27,30). The Labute approximate surface area is 182 Å². The van der Waals surface area contributed by atoms with E-state index < -0.39 is 0 Å². The molecule has 0 aliphatic carbocycles. The van der Waals surface area contributed by atoms with Gasteiger partial charge in [-0.25, -0.2) is 0 Å². The third-order valence-corrected chi connectivity index (χ3v) is 5.18. The van der Waals surface area contributed by atoms with E-state index >= 15 is 0 Å². The van der Waals surface area contributed by atoms with E-state index in [-0.39, 0.29) is 5.91 Å². The number of anilines is 4. The van der Waals surface area contributed by atoms with Crippen LogP contribution in [0.2, 0.25) is 0 Å². The Hall–Kier alpha value is -3.45. The molecule has 1 saturated heterocycles. The minimum Gasteiger partial charge on any atom is -0.378 e. The summed E-state index contributed by atoms with van der Waals surface area (Å²) in [5, 5.41) is 14.5. The van der Waals surface area contributed by atoms with Crippen molar-refractivity contribution in [3.63, 3.8) is 0 Å². The van der Waals surface area contributed by atoms with Crippen LogP contribution in [0, 0.1) is 6.92 Å². The molecule has 2 heterocycles. The van der Waals surface area contributed by atoms with Gasteiger partial charge in [-0.3, -0.25) is 4.79 Å². The van der Waals surface area contributed by atoms with Crippen LogP contribution in [0.5, 0.6) is 0 Å². The third kappa shape index (κ3) is 6.02. The second-order valence-electron chi connectivity index (χ2n) is 7.64. The number of carbonyl (C=O) groups excluding carboxylic acids is 1. The number of nitrogens with one attached hydrogen (secondary N) is 2. The summed E-state index contributed by atoms with van der Waals surface area (Å²) in [4.78, 5) is 14.5. The molecule has 160 valence electrons. The number of ether oxygens (including phenoxy) is 1. The van der Waals surface area contributed by atoms with Gasteiger partial charge in [0.05, 0.1) is 25.1 Å². The predicted molar refractivity (Wildman–Crippen MR) is 123 cm³/mol. The lowest BCUT2D eigenvalue weighted by Crippen LogP contribution is -2.36. The molecule has 7 heteroatoms. The van der Waals surface area contributed by atoms with Crippen LogP contribution < -0.4 is 15.5 Å². The van der Waals surface area contributed by atoms with Crippen molar-refractivity contribution in [1.29, 1.82) is 0 Å². The number of amides is 1. The van der Waals surface area contributed by atoms with Crippen molar-refractivity contribution in [3.8, 4) is 0 Å². The first-order valence-electron chi connectivity index (χ1n) is 10.5. The first kappa shape index (κ1) is 20.8. The molecule has 1 fully saturated rings. The van der Waals surface area contributed by atoms with Crippen molar-refractivity contribution < 1.29 is 9.53 Å². The highest BCUT2D eigenvalue weighted by atomic mass is 16.5. The van der Waals surface area contributed by atoms with Crippen molar-refractivity contribution in [2.24, 2.45) is 0 Å². The molecule has 0 spiro atoms. The quantitative estimate of drug-likeness (QED) is 0.606. The fourth-order valence-electron chi connectivity index (χ4n) is 3.55. The molecular formula is C24H27N5O2. The maximum Gasteiger partial charge on any atom is 0.224 e. The molecule has 3 aromatic rings. The van der Waals surface area contributed by atoms with Gasteiger partial charge in [-0.05, 0) is 43.2 Å². The molecule has 7 nitrogen and oxygen atoms in total. The number of morpholine rings is 1. The molecule has 1 aliphatic heterocycles. The highest BCUT2D eigenvalue weighted by molar-refractivity contribution is 5.91. The lowest BCUT2D eigenvalue weighted by Gasteiger charge is -2.28. The first-order chi connectivity index (χ1) is 15.2. The summed E-state index contributed by atoms with van der Waals surface area (Å²) in [7, 11) is 0. The van der Waals surface area contributed by atoms with E-state index in [1.165, 1.54) is 11.1 Å². The molecule has 2 aromatic carbocycles. The lowest BCUT2D eigenvalue weighted by molar-refractivity contribution is -0.116. The number of aryl methyl sites for hydroxylation is 2. The van der Waals surface area contributed by atoms with Crippen LogP contribution in [0.15, 0.2) is 60.8 Å². The van der Waals surface area contributed by atoms with Crippen LogP contribution in [0.1, 0.15) is 17.5 Å². The Bertz CT molecular complexity index is 1020. The molecule has 4 rings (SSSR count). The average molecular weight is 418 g/mol. The molecular weight excluding hydrogens is 390 g/mol. The van der Waals surface area contributed by atoms with Crippen molar-refractivity contribution in [1.82, 2.24) is 10.2 Å². The topological polar surface area (TPSA) is 79.4 Å². The minimum absolute atomic E-state index is 0.00583. The van der Waals surface area contributed by atoms with E-state index in [2.05, 4.69) is 50.9 Å². The summed E-state index contributed by atoms with van der Waals surface area (Å²) in [6, 6.07) is 17.8. The van der Waals surface area contributed by atoms with E-state index in [0.717, 1.165) is 49.8 Å². The summed E-state index contributed by atoms with van der Waals surface area (Å²) in [6.45, 7) is 5.21. The molecule has 0 saturated carbocycles. The van der Waals surface area contributed by atoms with Gasteiger partial charge in [0.1, 0.15) is 0 Å². The Morgan fingerprint density at radius 1 is 1.06 bits per heavy atom. The molecule has 0 unspecified atom stereocenters. The number of hydrogen-bond acceptors (Lipinski definition) is 6. The van der Waals surface area contributed by atoms with Gasteiger partial charge in [0.15, 0.2) is 5.82 Å². The molecule has 2 N–H and O–H groups in total. The van der Waals surface area contributed by atoms with Gasteiger partial charge in [0.2, 0.25) is 5.91 Å². The van der Waals surface area contributed by atoms with Gasteiger partial charge in [0, 0.05) is 37.0 Å². The number of benzene rings is 2. The second kappa shape index (κ2) is 10.0. The molecule has 31 heavy (non-hydrogen) atoms. The zero-order valence-electron chi connectivity index (χ0n) is 17.7. The summed E-state index contributed by atoms with van der Waals surface area (Å²) >= 11 is 0. The Morgan fingerprint density at radius 2 is 1.84 bits per heavy atom. The highest BCUT2D eigenvalue weighted by Gasteiger charge is 2.12. The normalized spacial score (nSPS) is 13.6. The number of carbonyl (C=O) groups is 1. The fourth-order valence-corrected chi connectivity index (χ4v) is 3.55. The summed E-state index contributed by atoms with van der Waals surface area (Å²) in [6.07, 6.45) is 2.95. The van der Waals surface area contributed by atoms with Crippen molar-refractivity contribution >= 4 is 28.8 Å². The van der Waals surface area contributed by atoms with E-state index in [4.69, 9.17) is 4.74 Å². The Morgan fingerprint density at radius 3 is 2.61 bits per heavy atom. The highest BCUT2D eigenvalue weighted by Crippen LogP contribution is 2.21. The van der Waals surface area contributed by atoms with Crippen LogP contribution in [-0.2, 0) is 16.0 Å². The molecule has 0 atom stereocenters. The van der Waals surface area contributed by atoms with Crippen LogP contribution in [0.3, 0.4) is 0 Å². The summed E-state index contributed by atoms with van der Waals surface area (Å²) in [5.41, 5.74) is 5.06. The van der Waals surface area contributed by atoms with Crippen LogP contribution >= 0.6 is 0 Å². The number of nitrogens with zero attached hydrogens (tertiary/aromatic N) is 3. The zero-order valence-corrected chi connectivity index (χ0v) is 17.7. The fraction of sp³-hybridized carbons (Fsp3) is 0.292. The van der Waals surface area contributed by atoms with Crippen molar-refractivity contribution in [2.75, 3.05) is 41.8 Å². The summed E-state index contributed by atoms with van der Waals surface area (Å²) in [5.74, 6) is 0.685. The van der Waals surface area contributed by atoms with E-state index in [0.29, 0.717) is 12.2 Å². The maximum atomic E-state index is 12.3. The molecule has 0 radical (unpaired) electrons. The van der Waals surface area contributed by atoms with Gasteiger partial charge in [-0.15, -0.1) is 5.10 Å². The van der Waals surface area contributed by atoms with Crippen LogP contribution in [0.4, 0.5) is 22.9 Å². The lowest BCUT2D eigenvalue weighted by atomic mass is 10.1. The van der Waals surface area contributed by atoms with Crippen molar-refractivity contribution in [3.05, 3.63) is 71.9 Å². The second-order valence-corrected chi connectivity index (χ2v) is 7.64. The van der Waals surface area contributed by atoms with E-state index in [1.807, 2.05) is 36.4 Å². The summed E-state index contributed by atoms with van der Waals surface area (Å²) < 4.78 is 5.40. The predicted octanol–water partition coefficient (Wildman–Crippen LogP) is 3.94. The van der Waals surface area contributed by atoms with Gasteiger partial charge < -0.3 is 20.3 Å². The first-order valence-corrected chi connectivity index (χ1v) is 10.5. The molecule has 1 aromatic heterocycles. The zero-order chi connectivity index (χ0) is 21.5.